The number of alkyl halides is 2. The minimum atomic E-state index is -4.95. The fourth-order valence-electron chi connectivity index (χ4n) is 2.19. The van der Waals surface area contributed by atoms with Crippen molar-refractivity contribution in [3.8, 4) is 0 Å². The van der Waals surface area contributed by atoms with Crippen molar-refractivity contribution in [2.45, 2.75) is 44.2 Å². The van der Waals surface area contributed by atoms with Crippen LogP contribution in [0.15, 0.2) is 0 Å². The van der Waals surface area contributed by atoms with Gasteiger partial charge in [0, 0.05) is 6.04 Å². The molecule has 0 spiro atoms. The number of rotatable bonds is 4. The molecule has 1 amide bonds. The molecule has 1 aliphatic carbocycles. The van der Waals surface area contributed by atoms with Crippen molar-refractivity contribution in [3.63, 3.8) is 0 Å². The maximum absolute atomic E-state index is 13.6. The molecule has 1 rings (SSSR count). The fourth-order valence-corrected chi connectivity index (χ4v) is 2.77. The molecule has 0 saturated heterocycles. The number of carbonyl (C=O) groups is 1. The molecule has 1 saturated carbocycles. The van der Waals surface area contributed by atoms with Gasteiger partial charge in [-0.15, -0.1) is 0 Å². The second kappa shape index (κ2) is 7.16. The van der Waals surface area contributed by atoms with Crippen LogP contribution in [0.3, 0.4) is 0 Å². The predicted molar refractivity (Wildman–Crippen MR) is 65.2 cm³/mol. The Morgan fingerprint density at radius 3 is 2.11 bits per heavy atom. The molecule has 0 unspecified atom stereocenters. The zero-order valence-corrected chi connectivity index (χ0v) is 10.4. The summed E-state index contributed by atoms with van der Waals surface area (Å²) in [5, 5.41) is 8.83. The van der Waals surface area contributed by atoms with Crippen LogP contribution in [-0.4, -0.2) is 76.5 Å². The van der Waals surface area contributed by atoms with Crippen molar-refractivity contribution in [1.82, 2.24) is 4.90 Å². The summed E-state index contributed by atoms with van der Waals surface area (Å²) in [5.41, 5.74) is 0. The Morgan fingerprint density at radius 1 is 1.26 bits per heavy atom. The number of amides is 1. The molecular formula is C9H16F2NNaO5S. The fraction of sp³-hybridized carbons (Fsp3) is 0.889. The second-order valence-electron chi connectivity index (χ2n) is 4.34. The van der Waals surface area contributed by atoms with Crippen LogP contribution in [0.25, 0.3) is 0 Å². The van der Waals surface area contributed by atoms with Crippen LogP contribution in [0.4, 0.5) is 13.6 Å². The van der Waals surface area contributed by atoms with Crippen LogP contribution in [0, 0.1) is 0 Å². The van der Waals surface area contributed by atoms with Gasteiger partial charge in [0.25, 0.3) is 10.1 Å². The summed E-state index contributed by atoms with van der Waals surface area (Å²) in [7, 11) is -4.95. The van der Waals surface area contributed by atoms with Gasteiger partial charge in [0.1, 0.15) is 0 Å². The number of nitrogens with zero attached hydrogens (tertiary/aromatic N) is 1. The van der Waals surface area contributed by atoms with Crippen molar-refractivity contribution in [3.05, 3.63) is 0 Å². The van der Waals surface area contributed by atoms with E-state index in [0.29, 0.717) is 12.8 Å². The molecule has 0 radical (unpaired) electrons. The molecule has 108 valence electrons. The summed E-state index contributed by atoms with van der Waals surface area (Å²) in [4.78, 5) is 10.8. The quantitative estimate of drug-likeness (QED) is 0.461. The molecule has 2 N–H and O–H groups in total. The second-order valence-corrected chi connectivity index (χ2v) is 5.79. The topological polar surface area (TPSA) is 94.9 Å². The van der Waals surface area contributed by atoms with Crippen molar-refractivity contribution in [1.29, 1.82) is 0 Å². The Labute approximate surface area is 132 Å². The monoisotopic (exact) mass is 311 g/mol. The number of hydrogen-bond donors (Lipinski definition) is 2. The zero-order valence-electron chi connectivity index (χ0n) is 9.55. The molecule has 1 aliphatic rings. The standard InChI is InChI=1S/C9H15F2NO5S.Na.H/c10-9(11,6-18(15,16)17)12(8(13)14)7-4-2-1-3-5-7;;/h7H,1-6H2,(H,13,14)(H,15,16,17);;. The molecule has 0 aromatic heterocycles. The Hall–Kier alpha value is 0.0400. The van der Waals surface area contributed by atoms with Crippen LogP contribution >= 0.6 is 0 Å². The van der Waals surface area contributed by atoms with Crippen molar-refractivity contribution < 1.29 is 31.7 Å². The van der Waals surface area contributed by atoms with E-state index in [2.05, 4.69) is 0 Å². The van der Waals surface area contributed by atoms with Crippen molar-refractivity contribution in [2.75, 3.05) is 5.75 Å². The summed E-state index contributed by atoms with van der Waals surface area (Å²) >= 11 is 0. The average molecular weight is 311 g/mol. The first kappa shape index (κ1) is 19.0. The van der Waals surface area contributed by atoms with E-state index < -0.39 is 34.1 Å². The van der Waals surface area contributed by atoms with E-state index in [1.807, 2.05) is 0 Å². The SMILES string of the molecule is O=C(O)N(C1CCCCC1)C(F)(F)CS(=O)(=O)O.[NaH]. The van der Waals surface area contributed by atoms with E-state index in [1.165, 1.54) is 0 Å². The van der Waals surface area contributed by atoms with Crippen LogP contribution in [0.1, 0.15) is 32.1 Å². The van der Waals surface area contributed by atoms with E-state index in [4.69, 9.17) is 9.66 Å². The first-order chi connectivity index (χ1) is 8.13. The van der Waals surface area contributed by atoms with Crippen LogP contribution < -0.4 is 0 Å². The number of hydrogen-bond acceptors (Lipinski definition) is 3. The maximum atomic E-state index is 13.6. The van der Waals surface area contributed by atoms with Gasteiger partial charge in [-0.2, -0.15) is 17.2 Å². The van der Waals surface area contributed by atoms with E-state index in [-0.39, 0.29) is 47.3 Å². The zero-order chi connectivity index (χ0) is 14.0. The summed E-state index contributed by atoms with van der Waals surface area (Å²) in [5.74, 6) is -1.91. The van der Waals surface area contributed by atoms with E-state index in [1.54, 1.807) is 0 Å². The molecule has 0 bridgehead atoms. The van der Waals surface area contributed by atoms with Gasteiger partial charge in [-0.1, -0.05) is 19.3 Å². The first-order valence-corrected chi connectivity index (χ1v) is 7.09. The molecule has 6 nitrogen and oxygen atoms in total. The summed E-state index contributed by atoms with van der Waals surface area (Å²) < 4.78 is 56.7. The van der Waals surface area contributed by atoms with Crippen LogP contribution in [0.2, 0.25) is 0 Å². The Kier molecular flexibility index (Phi) is 7.18. The molecule has 19 heavy (non-hydrogen) atoms. The summed E-state index contributed by atoms with van der Waals surface area (Å²) in [6.45, 7) is 0. The third-order valence-corrected chi connectivity index (χ3v) is 3.57. The molecule has 10 heteroatoms. The van der Waals surface area contributed by atoms with E-state index in [0.717, 1.165) is 6.42 Å². The first-order valence-electron chi connectivity index (χ1n) is 5.49. The van der Waals surface area contributed by atoms with Gasteiger partial charge in [-0.05, 0) is 12.8 Å². The molecule has 0 aromatic carbocycles. The van der Waals surface area contributed by atoms with Gasteiger partial charge in [-0.25, -0.2) is 9.69 Å². The summed E-state index contributed by atoms with van der Waals surface area (Å²) in [6.07, 6.45) is 0.747. The Morgan fingerprint density at radius 2 is 1.74 bits per heavy atom. The average Bonchev–Trinajstić information content (AvgIpc) is 2.13. The molecule has 0 atom stereocenters. The number of carboxylic acid groups (broad SMARTS) is 1. The summed E-state index contributed by atoms with van der Waals surface area (Å²) in [6, 6.07) is -5.03. The third-order valence-electron chi connectivity index (χ3n) is 2.85. The molecule has 0 aliphatic heterocycles. The van der Waals surface area contributed by atoms with Crippen molar-refractivity contribution in [2.24, 2.45) is 0 Å². The Balaban J connectivity index is 0.00000324. The molecule has 1 fully saturated rings. The minimum absolute atomic E-state index is 0. The molecular weight excluding hydrogens is 295 g/mol. The van der Waals surface area contributed by atoms with E-state index in [9.17, 15) is 22.0 Å². The van der Waals surface area contributed by atoms with Gasteiger partial charge < -0.3 is 5.11 Å². The Bertz CT molecular complexity index is 411. The van der Waals surface area contributed by atoms with E-state index >= 15 is 0 Å². The van der Waals surface area contributed by atoms with Gasteiger partial charge >= 0.3 is 41.7 Å². The normalized spacial score (nSPS) is 17.6. The van der Waals surface area contributed by atoms with Gasteiger partial charge in [0.05, 0.1) is 0 Å². The van der Waals surface area contributed by atoms with Gasteiger partial charge in [-0.3, -0.25) is 4.55 Å². The van der Waals surface area contributed by atoms with Gasteiger partial charge in [0.15, 0.2) is 5.75 Å². The predicted octanol–water partition coefficient (Wildman–Crippen LogP) is 1.13. The van der Waals surface area contributed by atoms with Crippen molar-refractivity contribution >= 4 is 45.8 Å². The van der Waals surface area contributed by atoms with Crippen LogP contribution in [0.5, 0.6) is 0 Å². The number of halogens is 2. The molecule has 0 heterocycles. The molecule has 0 aromatic rings. The van der Waals surface area contributed by atoms with Gasteiger partial charge in [0.2, 0.25) is 0 Å². The van der Waals surface area contributed by atoms with Crippen LogP contribution in [-0.2, 0) is 10.1 Å². The third kappa shape index (κ3) is 5.90.